The molecule has 116 valence electrons. The molecule has 0 saturated carbocycles. The maximum Gasteiger partial charge on any atom is 0.249 e. The highest BCUT2D eigenvalue weighted by Crippen LogP contribution is 2.21. The Morgan fingerprint density at radius 1 is 1.17 bits per heavy atom. The van der Waals surface area contributed by atoms with Crippen LogP contribution in [0.15, 0.2) is 48.5 Å². The van der Waals surface area contributed by atoms with Crippen LogP contribution >= 0.6 is 11.6 Å². The van der Waals surface area contributed by atoms with Gasteiger partial charge >= 0.3 is 0 Å². The number of benzene rings is 2. The molecule has 0 spiro atoms. The first-order valence-corrected chi connectivity index (χ1v) is 7.52. The first-order chi connectivity index (χ1) is 11.1. The Hall–Kier alpha value is -2.64. The SMILES string of the molecule is CCc1ccc(C(=O)[C@H](C#N)C(=O)Nc2ccccc2Cl)cc1. The average Bonchev–Trinajstić information content (AvgIpc) is 2.57. The zero-order valence-electron chi connectivity index (χ0n) is 12.5. The molecule has 1 N–H and O–H groups in total. The maximum absolute atomic E-state index is 12.4. The van der Waals surface area contributed by atoms with Gasteiger partial charge in [-0.15, -0.1) is 0 Å². The number of rotatable bonds is 5. The highest BCUT2D eigenvalue weighted by Gasteiger charge is 2.27. The van der Waals surface area contributed by atoms with Crippen LogP contribution in [-0.2, 0) is 11.2 Å². The predicted molar refractivity (Wildman–Crippen MR) is 89.3 cm³/mol. The molecule has 1 atom stereocenters. The molecular weight excluding hydrogens is 312 g/mol. The molecule has 0 heterocycles. The summed E-state index contributed by atoms with van der Waals surface area (Å²) in [5.41, 5.74) is 1.78. The van der Waals surface area contributed by atoms with E-state index < -0.39 is 17.6 Å². The number of nitrogens with zero attached hydrogens (tertiary/aromatic N) is 1. The van der Waals surface area contributed by atoms with Crippen molar-refractivity contribution in [1.29, 1.82) is 5.26 Å². The minimum atomic E-state index is -1.42. The second kappa shape index (κ2) is 7.57. The lowest BCUT2D eigenvalue weighted by Crippen LogP contribution is -2.28. The lowest BCUT2D eigenvalue weighted by molar-refractivity contribution is -0.117. The van der Waals surface area contributed by atoms with Gasteiger partial charge in [0.25, 0.3) is 0 Å². The van der Waals surface area contributed by atoms with Gasteiger partial charge in [0.05, 0.1) is 16.8 Å². The lowest BCUT2D eigenvalue weighted by atomic mass is 9.97. The minimum Gasteiger partial charge on any atom is -0.323 e. The maximum atomic E-state index is 12.4. The second-order valence-electron chi connectivity index (χ2n) is 4.95. The zero-order valence-corrected chi connectivity index (χ0v) is 13.3. The highest BCUT2D eigenvalue weighted by molar-refractivity contribution is 6.34. The summed E-state index contributed by atoms with van der Waals surface area (Å²) in [6.07, 6.45) is 0.850. The van der Waals surface area contributed by atoms with Gasteiger partial charge in [0.1, 0.15) is 0 Å². The fraction of sp³-hybridized carbons (Fsp3) is 0.167. The summed E-state index contributed by atoms with van der Waals surface area (Å²) in [5, 5.41) is 12.1. The molecular formula is C18H15ClN2O2. The molecule has 0 aromatic heterocycles. The molecule has 2 aromatic rings. The van der Waals surface area contributed by atoms with E-state index in [1.54, 1.807) is 42.5 Å². The van der Waals surface area contributed by atoms with Crippen molar-refractivity contribution in [3.05, 3.63) is 64.7 Å². The first-order valence-electron chi connectivity index (χ1n) is 7.15. The van der Waals surface area contributed by atoms with Crippen LogP contribution in [0.4, 0.5) is 5.69 Å². The summed E-state index contributed by atoms with van der Waals surface area (Å²) in [7, 11) is 0. The third-order valence-corrected chi connectivity index (χ3v) is 3.76. The molecule has 0 aliphatic carbocycles. The van der Waals surface area contributed by atoms with E-state index in [0.29, 0.717) is 16.3 Å². The quantitative estimate of drug-likeness (QED) is 0.670. The summed E-state index contributed by atoms with van der Waals surface area (Å²) < 4.78 is 0. The molecule has 23 heavy (non-hydrogen) atoms. The van der Waals surface area contributed by atoms with Crippen LogP contribution in [0, 0.1) is 17.2 Å². The van der Waals surface area contributed by atoms with Gasteiger partial charge < -0.3 is 5.32 Å². The topological polar surface area (TPSA) is 70.0 Å². The first kappa shape index (κ1) is 16.7. The number of ketones is 1. The van der Waals surface area contributed by atoms with Gasteiger partial charge in [-0.25, -0.2) is 0 Å². The number of nitriles is 1. The fourth-order valence-electron chi connectivity index (χ4n) is 2.08. The second-order valence-corrected chi connectivity index (χ2v) is 5.35. The normalized spacial score (nSPS) is 11.3. The third-order valence-electron chi connectivity index (χ3n) is 3.43. The molecule has 0 fully saturated rings. The van der Waals surface area contributed by atoms with Gasteiger partial charge in [-0.2, -0.15) is 5.26 Å². The third kappa shape index (κ3) is 3.97. The van der Waals surface area contributed by atoms with Crippen LogP contribution < -0.4 is 5.32 Å². The van der Waals surface area contributed by atoms with Crippen molar-refractivity contribution < 1.29 is 9.59 Å². The van der Waals surface area contributed by atoms with E-state index in [1.165, 1.54) is 0 Å². The molecule has 0 aliphatic rings. The fourth-order valence-corrected chi connectivity index (χ4v) is 2.26. The lowest BCUT2D eigenvalue weighted by Gasteiger charge is -2.11. The number of halogens is 1. The van der Waals surface area contributed by atoms with E-state index >= 15 is 0 Å². The Morgan fingerprint density at radius 3 is 2.39 bits per heavy atom. The van der Waals surface area contributed by atoms with E-state index in [0.717, 1.165) is 12.0 Å². The average molecular weight is 327 g/mol. The number of aryl methyl sites for hydroxylation is 1. The van der Waals surface area contributed by atoms with Crippen LogP contribution in [0.5, 0.6) is 0 Å². The Labute approximate surface area is 139 Å². The van der Waals surface area contributed by atoms with Crippen molar-refractivity contribution in [2.45, 2.75) is 13.3 Å². The number of carbonyl (C=O) groups is 2. The van der Waals surface area contributed by atoms with Crippen molar-refractivity contribution in [3.8, 4) is 6.07 Å². The monoisotopic (exact) mass is 326 g/mol. The van der Waals surface area contributed by atoms with Crippen molar-refractivity contribution >= 4 is 29.0 Å². The standard InChI is InChI=1S/C18H15ClN2O2/c1-2-12-7-9-13(10-8-12)17(22)14(11-20)18(23)21-16-6-4-3-5-15(16)19/h3-10,14H,2H2,1H3,(H,21,23)/t14-/m0/s1. The molecule has 0 radical (unpaired) electrons. The molecule has 0 unspecified atom stereocenters. The molecule has 5 heteroatoms. The predicted octanol–water partition coefficient (Wildman–Crippen LogP) is 3.86. The largest absolute Gasteiger partial charge is 0.323 e. The van der Waals surface area contributed by atoms with E-state index in [-0.39, 0.29) is 0 Å². The Morgan fingerprint density at radius 2 is 1.83 bits per heavy atom. The van der Waals surface area contributed by atoms with Gasteiger partial charge in [-0.3, -0.25) is 9.59 Å². The Kier molecular flexibility index (Phi) is 5.51. The number of hydrogen-bond donors (Lipinski definition) is 1. The van der Waals surface area contributed by atoms with E-state index in [2.05, 4.69) is 5.32 Å². The van der Waals surface area contributed by atoms with Crippen molar-refractivity contribution in [2.24, 2.45) is 5.92 Å². The smallest absolute Gasteiger partial charge is 0.249 e. The number of carbonyl (C=O) groups excluding carboxylic acids is 2. The van der Waals surface area contributed by atoms with Crippen LogP contribution in [-0.4, -0.2) is 11.7 Å². The van der Waals surface area contributed by atoms with Crippen LogP contribution in [0.1, 0.15) is 22.8 Å². The number of hydrogen-bond acceptors (Lipinski definition) is 3. The van der Waals surface area contributed by atoms with Crippen LogP contribution in [0.3, 0.4) is 0 Å². The van der Waals surface area contributed by atoms with Crippen LogP contribution in [0.2, 0.25) is 5.02 Å². The van der Waals surface area contributed by atoms with Crippen molar-refractivity contribution in [1.82, 2.24) is 0 Å². The number of nitrogens with one attached hydrogen (secondary N) is 1. The van der Waals surface area contributed by atoms with Crippen LogP contribution in [0.25, 0.3) is 0 Å². The molecule has 0 bridgehead atoms. The van der Waals surface area contributed by atoms with Crippen molar-refractivity contribution in [3.63, 3.8) is 0 Å². The highest BCUT2D eigenvalue weighted by atomic mass is 35.5. The molecule has 0 saturated heterocycles. The molecule has 4 nitrogen and oxygen atoms in total. The molecule has 1 amide bonds. The van der Waals surface area contributed by atoms with Gasteiger partial charge in [0.15, 0.2) is 11.7 Å². The van der Waals surface area contributed by atoms with Gasteiger partial charge in [0.2, 0.25) is 5.91 Å². The minimum absolute atomic E-state index is 0.336. The van der Waals surface area contributed by atoms with E-state index in [4.69, 9.17) is 11.6 Å². The summed E-state index contributed by atoms with van der Waals surface area (Å²) in [6.45, 7) is 2.01. The summed E-state index contributed by atoms with van der Waals surface area (Å²) in [4.78, 5) is 24.6. The Bertz CT molecular complexity index is 763. The van der Waals surface area contributed by atoms with Gasteiger partial charge in [-0.05, 0) is 24.1 Å². The Balaban J connectivity index is 2.18. The van der Waals surface area contributed by atoms with E-state index in [1.807, 2.05) is 19.1 Å². The zero-order chi connectivity index (χ0) is 16.8. The summed E-state index contributed by atoms with van der Waals surface area (Å²) in [6, 6.07) is 15.3. The number of anilines is 1. The summed E-state index contributed by atoms with van der Waals surface area (Å²) in [5.74, 6) is -2.64. The van der Waals surface area contributed by atoms with Gasteiger partial charge in [0, 0.05) is 5.56 Å². The number of amides is 1. The summed E-state index contributed by atoms with van der Waals surface area (Å²) >= 11 is 5.96. The number of Topliss-reactive ketones (excluding diaryl/α,β-unsaturated/α-hetero) is 1. The van der Waals surface area contributed by atoms with Crippen molar-refractivity contribution in [2.75, 3.05) is 5.32 Å². The van der Waals surface area contributed by atoms with Gasteiger partial charge in [-0.1, -0.05) is 54.9 Å². The molecule has 0 aliphatic heterocycles. The van der Waals surface area contributed by atoms with E-state index in [9.17, 15) is 14.9 Å². The molecule has 2 rings (SSSR count). The number of para-hydroxylation sites is 1. The molecule has 2 aromatic carbocycles.